The summed E-state index contributed by atoms with van der Waals surface area (Å²) in [4.78, 5) is 12.1. The number of nitrogens with one attached hydrogen (secondary N) is 2. The van der Waals surface area contributed by atoms with Crippen LogP contribution in [0.25, 0.3) is 0 Å². The third-order valence-electron chi connectivity index (χ3n) is 4.02. The Balaban J connectivity index is 1.52. The van der Waals surface area contributed by atoms with E-state index in [0.717, 1.165) is 5.82 Å². The predicted molar refractivity (Wildman–Crippen MR) is 82.4 cm³/mol. The fourth-order valence-corrected chi connectivity index (χ4v) is 2.96. The van der Waals surface area contributed by atoms with Gasteiger partial charge in [-0.05, 0) is 43.1 Å². The largest absolute Gasteiger partial charge is 0.354 e. The lowest BCUT2D eigenvalue weighted by Crippen LogP contribution is -2.29. The van der Waals surface area contributed by atoms with Gasteiger partial charge in [-0.3, -0.25) is 9.89 Å². The van der Waals surface area contributed by atoms with Gasteiger partial charge in [-0.15, -0.1) is 0 Å². The average molecular weight is 320 g/mol. The Labute approximate surface area is 132 Å². The van der Waals surface area contributed by atoms with Crippen LogP contribution in [0.3, 0.4) is 0 Å². The molecule has 0 aliphatic heterocycles. The second-order valence-electron chi connectivity index (χ2n) is 5.49. The van der Waals surface area contributed by atoms with Crippen molar-refractivity contribution in [3.05, 3.63) is 46.2 Å². The van der Waals surface area contributed by atoms with Crippen LogP contribution in [0.1, 0.15) is 23.7 Å². The fraction of sp³-hybridized carbons (Fsp3) is 0.400. The quantitative estimate of drug-likeness (QED) is 0.831. The van der Waals surface area contributed by atoms with E-state index in [-0.39, 0.29) is 23.6 Å². The number of carbonyl (C=O) groups excluding carboxylic acids is 1. The molecule has 1 aliphatic carbocycles. The van der Waals surface area contributed by atoms with Crippen LogP contribution >= 0.6 is 12.2 Å². The molecule has 1 heterocycles. The molecule has 0 radical (unpaired) electrons. The number of rotatable bonds is 5. The molecule has 1 amide bonds. The summed E-state index contributed by atoms with van der Waals surface area (Å²) in [5.74, 6) is 0.397. The summed E-state index contributed by atoms with van der Waals surface area (Å²) in [5.41, 5.74) is 0.635. The minimum absolute atomic E-state index is 0.000900. The Morgan fingerprint density at radius 3 is 3.00 bits per heavy atom. The molecule has 0 bridgehead atoms. The van der Waals surface area contributed by atoms with Gasteiger partial charge in [0, 0.05) is 19.0 Å². The second-order valence-corrected chi connectivity index (χ2v) is 5.88. The molecule has 1 aromatic heterocycles. The normalized spacial score (nSPS) is 19.9. The van der Waals surface area contributed by atoms with E-state index in [1.807, 2.05) is 11.5 Å². The highest BCUT2D eigenvalue weighted by Crippen LogP contribution is 2.48. The molecule has 0 spiro atoms. The van der Waals surface area contributed by atoms with Crippen LogP contribution < -0.4 is 5.32 Å². The molecule has 1 aliphatic rings. The zero-order chi connectivity index (χ0) is 15.7. The number of benzene rings is 1. The third kappa shape index (κ3) is 2.94. The van der Waals surface area contributed by atoms with Gasteiger partial charge < -0.3 is 9.88 Å². The van der Waals surface area contributed by atoms with Crippen molar-refractivity contribution in [2.45, 2.75) is 25.8 Å². The van der Waals surface area contributed by atoms with Crippen molar-refractivity contribution in [1.82, 2.24) is 20.1 Å². The van der Waals surface area contributed by atoms with Gasteiger partial charge in [-0.2, -0.15) is 5.10 Å². The smallest absolute Gasteiger partial charge is 0.223 e. The average Bonchev–Trinajstić information content (AvgIpc) is 3.23. The highest BCUT2D eigenvalue weighted by atomic mass is 32.1. The number of amides is 1. The van der Waals surface area contributed by atoms with Crippen molar-refractivity contribution in [2.75, 3.05) is 6.54 Å². The van der Waals surface area contributed by atoms with E-state index in [2.05, 4.69) is 15.5 Å². The van der Waals surface area contributed by atoms with Gasteiger partial charge in [-0.25, -0.2) is 4.39 Å². The molecule has 2 aromatic rings. The van der Waals surface area contributed by atoms with Crippen LogP contribution in [-0.4, -0.2) is 27.2 Å². The van der Waals surface area contributed by atoms with E-state index in [4.69, 9.17) is 12.2 Å². The van der Waals surface area contributed by atoms with Crippen molar-refractivity contribution in [1.29, 1.82) is 0 Å². The fourth-order valence-electron chi connectivity index (χ4n) is 2.69. The number of aromatic amines is 1. The minimum Gasteiger partial charge on any atom is -0.354 e. The summed E-state index contributed by atoms with van der Waals surface area (Å²) in [6, 6.07) is 6.65. The van der Waals surface area contributed by atoms with Crippen molar-refractivity contribution in [3.8, 4) is 0 Å². The number of nitrogens with zero attached hydrogens (tertiary/aromatic N) is 2. The predicted octanol–water partition coefficient (Wildman–Crippen LogP) is 2.31. The van der Waals surface area contributed by atoms with E-state index in [1.165, 1.54) is 6.07 Å². The maximum atomic E-state index is 13.7. The molecule has 3 rings (SSSR count). The van der Waals surface area contributed by atoms with Crippen LogP contribution in [0.15, 0.2) is 24.3 Å². The molecular formula is C15H17FN4OS. The molecule has 0 saturated heterocycles. The molecule has 1 saturated carbocycles. The lowest BCUT2D eigenvalue weighted by atomic mass is 10.1. The number of halogens is 1. The van der Waals surface area contributed by atoms with E-state index < -0.39 is 0 Å². The Bertz CT molecular complexity index is 754. The molecule has 22 heavy (non-hydrogen) atoms. The summed E-state index contributed by atoms with van der Waals surface area (Å²) in [6.07, 6.45) is 0.705. The molecule has 2 N–H and O–H groups in total. The Morgan fingerprint density at radius 1 is 1.55 bits per heavy atom. The first kappa shape index (κ1) is 14.9. The van der Waals surface area contributed by atoms with Gasteiger partial charge in [0.05, 0.1) is 0 Å². The minimum atomic E-state index is -0.233. The zero-order valence-electron chi connectivity index (χ0n) is 12.2. The number of H-pyrrole nitrogens is 1. The summed E-state index contributed by atoms with van der Waals surface area (Å²) < 4.78 is 16.1. The van der Waals surface area contributed by atoms with Crippen molar-refractivity contribution in [3.63, 3.8) is 0 Å². The van der Waals surface area contributed by atoms with Crippen LogP contribution in [0.5, 0.6) is 0 Å². The van der Waals surface area contributed by atoms with Gasteiger partial charge in [0.2, 0.25) is 5.91 Å². The van der Waals surface area contributed by atoms with Gasteiger partial charge in [-0.1, -0.05) is 18.2 Å². The van der Waals surface area contributed by atoms with Crippen molar-refractivity contribution in [2.24, 2.45) is 5.92 Å². The van der Waals surface area contributed by atoms with E-state index in [0.29, 0.717) is 29.8 Å². The van der Waals surface area contributed by atoms with Crippen molar-refractivity contribution < 1.29 is 9.18 Å². The van der Waals surface area contributed by atoms with Gasteiger partial charge in [0.25, 0.3) is 0 Å². The molecule has 0 unspecified atom stereocenters. The molecule has 5 nitrogen and oxygen atoms in total. The van der Waals surface area contributed by atoms with Crippen LogP contribution in [0, 0.1) is 23.4 Å². The highest BCUT2D eigenvalue weighted by molar-refractivity contribution is 7.71. The SMILES string of the molecule is Cc1n[nH]c(=S)n1CCNC(=O)[C@@H]1C[C@@H]1c1ccccc1F. The summed E-state index contributed by atoms with van der Waals surface area (Å²) in [7, 11) is 0. The standard InChI is InChI=1S/C15H17FN4OS/c1-9-18-19-15(22)20(9)7-6-17-14(21)12-8-11(12)10-4-2-3-5-13(10)16/h2-5,11-12H,6-8H2,1H3,(H,17,21)(H,19,22)/t11-,12-/m1/s1. The Hall–Kier alpha value is -2.02. The van der Waals surface area contributed by atoms with Crippen molar-refractivity contribution >= 4 is 18.1 Å². The first-order chi connectivity index (χ1) is 10.6. The Morgan fingerprint density at radius 2 is 2.32 bits per heavy atom. The van der Waals surface area contributed by atoms with E-state index >= 15 is 0 Å². The Kier molecular flexibility index (Phi) is 4.06. The zero-order valence-corrected chi connectivity index (χ0v) is 13.0. The molecule has 7 heteroatoms. The van der Waals surface area contributed by atoms with Crippen LogP contribution in [0.2, 0.25) is 0 Å². The number of hydrogen-bond donors (Lipinski definition) is 2. The maximum Gasteiger partial charge on any atom is 0.223 e. The number of aryl methyl sites for hydroxylation is 1. The molecule has 1 fully saturated rings. The van der Waals surface area contributed by atoms with Crippen LogP contribution in [-0.2, 0) is 11.3 Å². The summed E-state index contributed by atoms with van der Waals surface area (Å²) >= 11 is 5.10. The second kappa shape index (κ2) is 6.00. The topological polar surface area (TPSA) is 62.7 Å². The van der Waals surface area contributed by atoms with Gasteiger partial charge in [0.15, 0.2) is 4.77 Å². The lowest BCUT2D eigenvalue weighted by molar-refractivity contribution is -0.122. The molecule has 116 valence electrons. The molecule has 2 atom stereocenters. The molecular weight excluding hydrogens is 303 g/mol. The van der Waals surface area contributed by atoms with Gasteiger partial charge in [0.1, 0.15) is 11.6 Å². The summed E-state index contributed by atoms with van der Waals surface area (Å²) in [6.45, 7) is 2.90. The number of carbonyl (C=O) groups is 1. The number of hydrogen-bond acceptors (Lipinski definition) is 3. The van der Waals surface area contributed by atoms with E-state index in [9.17, 15) is 9.18 Å². The van der Waals surface area contributed by atoms with Gasteiger partial charge >= 0.3 is 0 Å². The first-order valence-electron chi connectivity index (χ1n) is 7.22. The van der Waals surface area contributed by atoms with Crippen LogP contribution in [0.4, 0.5) is 4.39 Å². The lowest BCUT2D eigenvalue weighted by Gasteiger charge is -2.07. The highest BCUT2D eigenvalue weighted by Gasteiger charge is 2.44. The number of aromatic nitrogens is 3. The van der Waals surface area contributed by atoms with E-state index in [1.54, 1.807) is 18.2 Å². The monoisotopic (exact) mass is 320 g/mol. The third-order valence-corrected chi connectivity index (χ3v) is 4.33. The maximum absolute atomic E-state index is 13.7. The summed E-state index contributed by atoms with van der Waals surface area (Å²) in [5, 5.41) is 9.61. The molecule has 1 aromatic carbocycles. The first-order valence-corrected chi connectivity index (χ1v) is 7.62.